The van der Waals surface area contributed by atoms with E-state index in [1.54, 1.807) is 26.0 Å². The molecule has 5 heteroatoms. The van der Waals surface area contributed by atoms with Crippen molar-refractivity contribution in [3.63, 3.8) is 0 Å². The van der Waals surface area contributed by atoms with Gasteiger partial charge in [-0.3, -0.25) is 4.79 Å². The lowest BCUT2D eigenvalue weighted by Gasteiger charge is -2.30. The first-order valence-electron chi connectivity index (χ1n) is 7.45. The largest absolute Gasteiger partial charge is 0.339 e. The van der Waals surface area contributed by atoms with Crippen molar-refractivity contribution in [3.8, 4) is 0 Å². The topological polar surface area (TPSA) is 54.5 Å². The number of sulfone groups is 1. The van der Waals surface area contributed by atoms with E-state index in [4.69, 9.17) is 0 Å². The van der Waals surface area contributed by atoms with Gasteiger partial charge in [-0.05, 0) is 56.9 Å². The standard InChI is InChI=1S/C16H23NO3S/c1-12(2)21(19,20)15-6-4-14(5-7-15)16(18)17-10-8-13(3)9-11-17/h4-7,12-13H,8-11H2,1-3H3. The molecule has 0 aromatic heterocycles. The number of benzene rings is 1. The highest BCUT2D eigenvalue weighted by atomic mass is 32.2. The van der Waals surface area contributed by atoms with Crippen LogP contribution in [0.5, 0.6) is 0 Å². The van der Waals surface area contributed by atoms with Gasteiger partial charge in [0, 0.05) is 18.7 Å². The molecule has 4 nitrogen and oxygen atoms in total. The molecule has 1 fully saturated rings. The molecule has 1 aromatic rings. The third-order valence-corrected chi connectivity index (χ3v) is 6.29. The van der Waals surface area contributed by atoms with E-state index in [2.05, 4.69) is 6.92 Å². The van der Waals surface area contributed by atoms with Crippen LogP contribution in [0.3, 0.4) is 0 Å². The van der Waals surface area contributed by atoms with Crippen LogP contribution in [0.1, 0.15) is 44.0 Å². The molecule has 21 heavy (non-hydrogen) atoms. The molecule has 0 N–H and O–H groups in total. The van der Waals surface area contributed by atoms with E-state index in [9.17, 15) is 13.2 Å². The summed E-state index contributed by atoms with van der Waals surface area (Å²) in [7, 11) is -3.28. The second-order valence-corrected chi connectivity index (χ2v) is 8.60. The lowest BCUT2D eigenvalue weighted by Crippen LogP contribution is -2.37. The first-order chi connectivity index (χ1) is 9.82. The number of hydrogen-bond donors (Lipinski definition) is 0. The number of carbonyl (C=O) groups excluding carboxylic acids is 1. The molecule has 0 bridgehead atoms. The Hall–Kier alpha value is -1.36. The van der Waals surface area contributed by atoms with Crippen molar-refractivity contribution in [2.24, 2.45) is 5.92 Å². The van der Waals surface area contributed by atoms with Gasteiger partial charge in [-0.2, -0.15) is 0 Å². The zero-order valence-electron chi connectivity index (χ0n) is 12.9. The van der Waals surface area contributed by atoms with Crippen LogP contribution in [-0.2, 0) is 9.84 Å². The maximum absolute atomic E-state index is 12.4. The SMILES string of the molecule is CC1CCN(C(=O)c2ccc(S(=O)(=O)C(C)C)cc2)CC1. The third-order valence-electron chi connectivity index (χ3n) is 4.12. The van der Waals surface area contributed by atoms with E-state index < -0.39 is 15.1 Å². The summed E-state index contributed by atoms with van der Waals surface area (Å²) in [5, 5.41) is -0.456. The van der Waals surface area contributed by atoms with Gasteiger partial charge in [-0.1, -0.05) is 6.92 Å². The van der Waals surface area contributed by atoms with E-state index >= 15 is 0 Å². The zero-order chi connectivity index (χ0) is 15.6. The number of carbonyl (C=O) groups is 1. The molecule has 1 saturated heterocycles. The van der Waals surface area contributed by atoms with Gasteiger partial charge in [-0.25, -0.2) is 8.42 Å². The fourth-order valence-electron chi connectivity index (χ4n) is 2.45. The minimum Gasteiger partial charge on any atom is -0.339 e. The predicted molar refractivity (Wildman–Crippen MR) is 83.1 cm³/mol. The maximum Gasteiger partial charge on any atom is 0.253 e. The number of nitrogens with zero attached hydrogens (tertiary/aromatic N) is 1. The van der Waals surface area contributed by atoms with E-state index in [1.165, 1.54) is 12.1 Å². The molecule has 1 amide bonds. The summed E-state index contributed by atoms with van der Waals surface area (Å²) < 4.78 is 24.1. The molecule has 0 aliphatic carbocycles. The Morgan fingerprint density at radius 2 is 1.67 bits per heavy atom. The Morgan fingerprint density at radius 1 is 1.14 bits per heavy atom. The monoisotopic (exact) mass is 309 g/mol. The molecule has 1 heterocycles. The first kappa shape index (κ1) is 16.0. The average molecular weight is 309 g/mol. The van der Waals surface area contributed by atoms with Gasteiger partial charge < -0.3 is 4.90 Å². The maximum atomic E-state index is 12.4. The molecule has 1 aliphatic heterocycles. The molecule has 1 aromatic carbocycles. The van der Waals surface area contributed by atoms with Crippen LogP contribution in [0.25, 0.3) is 0 Å². The summed E-state index contributed by atoms with van der Waals surface area (Å²) in [4.78, 5) is 14.5. The van der Waals surface area contributed by atoms with Crippen molar-refractivity contribution in [2.45, 2.75) is 43.8 Å². The fraction of sp³-hybridized carbons (Fsp3) is 0.562. The molecule has 0 atom stereocenters. The van der Waals surface area contributed by atoms with E-state index in [-0.39, 0.29) is 10.8 Å². The smallest absolute Gasteiger partial charge is 0.253 e. The summed E-state index contributed by atoms with van der Waals surface area (Å²) in [6.45, 7) is 7.08. The van der Waals surface area contributed by atoms with Gasteiger partial charge in [0.15, 0.2) is 9.84 Å². The van der Waals surface area contributed by atoms with E-state index in [1.807, 2.05) is 4.90 Å². The molecule has 0 radical (unpaired) electrons. The summed E-state index contributed by atoms with van der Waals surface area (Å²) in [6, 6.07) is 6.32. The summed E-state index contributed by atoms with van der Waals surface area (Å²) in [6.07, 6.45) is 2.07. The van der Waals surface area contributed by atoms with Gasteiger partial charge in [0.1, 0.15) is 0 Å². The van der Waals surface area contributed by atoms with Crippen molar-refractivity contribution in [1.82, 2.24) is 4.90 Å². The molecular weight excluding hydrogens is 286 g/mol. The minimum atomic E-state index is -3.28. The quantitative estimate of drug-likeness (QED) is 0.862. The van der Waals surface area contributed by atoms with Crippen LogP contribution >= 0.6 is 0 Å². The fourth-order valence-corrected chi connectivity index (χ4v) is 3.51. The van der Waals surface area contributed by atoms with Crippen LogP contribution in [0.4, 0.5) is 0 Å². The van der Waals surface area contributed by atoms with Gasteiger partial charge in [0.05, 0.1) is 10.1 Å². The van der Waals surface area contributed by atoms with Crippen LogP contribution < -0.4 is 0 Å². The number of amides is 1. The van der Waals surface area contributed by atoms with Crippen molar-refractivity contribution < 1.29 is 13.2 Å². The van der Waals surface area contributed by atoms with Crippen LogP contribution in [0.15, 0.2) is 29.2 Å². The summed E-state index contributed by atoms with van der Waals surface area (Å²) in [5.74, 6) is 0.669. The van der Waals surface area contributed by atoms with Gasteiger partial charge in [0.2, 0.25) is 0 Å². The Morgan fingerprint density at radius 3 is 2.14 bits per heavy atom. The Kier molecular flexibility index (Phi) is 4.71. The molecule has 2 rings (SSSR count). The number of hydrogen-bond acceptors (Lipinski definition) is 3. The highest BCUT2D eigenvalue weighted by Gasteiger charge is 2.23. The summed E-state index contributed by atoms with van der Waals surface area (Å²) >= 11 is 0. The highest BCUT2D eigenvalue weighted by Crippen LogP contribution is 2.20. The lowest BCUT2D eigenvalue weighted by molar-refractivity contribution is 0.0697. The number of likely N-dealkylation sites (tertiary alicyclic amines) is 1. The minimum absolute atomic E-state index is 0.00426. The molecule has 1 aliphatic rings. The summed E-state index contributed by atoms with van der Waals surface area (Å²) in [5.41, 5.74) is 0.562. The van der Waals surface area contributed by atoms with E-state index in [0.29, 0.717) is 11.5 Å². The average Bonchev–Trinajstić information content (AvgIpc) is 2.47. The van der Waals surface area contributed by atoms with Crippen LogP contribution in [0, 0.1) is 5.92 Å². The molecule has 116 valence electrons. The third kappa shape index (κ3) is 3.46. The Labute approximate surface area is 127 Å². The van der Waals surface area contributed by atoms with Crippen molar-refractivity contribution in [2.75, 3.05) is 13.1 Å². The van der Waals surface area contributed by atoms with Gasteiger partial charge >= 0.3 is 0 Å². The Balaban J connectivity index is 2.14. The van der Waals surface area contributed by atoms with Crippen molar-refractivity contribution >= 4 is 15.7 Å². The normalized spacial score (nSPS) is 17.2. The Bertz CT molecular complexity index is 597. The van der Waals surface area contributed by atoms with Crippen LogP contribution in [-0.4, -0.2) is 37.6 Å². The van der Waals surface area contributed by atoms with Crippen molar-refractivity contribution in [3.05, 3.63) is 29.8 Å². The molecule has 0 saturated carbocycles. The molecule has 0 unspecified atom stereocenters. The van der Waals surface area contributed by atoms with Crippen molar-refractivity contribution in [1.29, 1.82) is 0 Å². The molecule has 0 spiro atoms. The number of rotatable bonds is 3. The van der Waals surface area contributed by atoms with E-state index in [0.717, 1.165) is 25.9 Å². The first-order valence-corrected chi connectivity index (χ1v) is 9.00. The zero-order valence-corrected chi connectivity index (χ0v) is 13.7. The number of piperidine rings is 1. The second kappa shape index (κ2) is 6.18. The van der Waals surface area contributed by atoms with Gasteiger partial charge in [0.25, 0.3) is 5.91 Å². The van der Waals surface area contributed by atoms with Gasteiger partial charge in [-0.15, -0.1) is 0 Å². The second-order valence-electron chi connectivity index (χ2n) is 6.09. The predicted octanol–water partition coefficient (Wildman–Crippen LogP) is 2.74. The van der Waals surface area contributed by atoms with Crippen LogP contribution in [0.2, 0.25) is 0 Å². The highest BCUT2D eigenvalue weighted by molar-refractivity contribution is 7.92. The lowest BCUT2D eigenvalue weighted by atomic mass is 9.98. The molecular formula is C16H23NO3S.